The van der Waals surface area contributed by atoms with Crippen LogP contribution in [0.3, 0.4) is 0 Å². The second-order valence-corrected chi connectivity index (χ2v) is 8.66. The van der Waals surface area contributed by atoms with Gasteiger partial charge in [-0.2, -0.15) is 9.41 Å². The van der Waals surface area contributed by atoms with E-state index in [1.165, 1.54) is 34.6 Å². The average Bonchev–Trinajstić information content (AvgIpc) is 2.74. The Hall–Kier alpha value is -2.46. The van der Waals surface area contributed by atoms with Crippen molar-refractivity contribution in [2.24, 2.45) is 5.10 Å². The summed E-state index contributed by atoms with van der Waals surface area (Å²) < 4.78 is 32.4. The van der Waals surface area contributed by atoms with Crippen molar-refractivity contribution in [3.8, 4) is 5.75 Å². The van der Waals surface area contributed by atoms with Crippen LogP contribution in [-0.4, -0.2) is 55.8 Å². The van der Waals surface area contributed by atoms with Crippen molar-refractivity contribution in [2.45, 2.75) is 11.8 Å². The first-order valence-electron chi connectivity index (χ1n) is 8.81. The largest absolute Gasteiger partial charge is 0.507 e. The molecule has 2 aromatic carbocycles. The van der Waals surface area contributed by atoms with Crippen LogP contribution >= 0.6 is 11.6 Å². The number of halogens is 1. The smallest absolute Gasteiger partial charge is 0.272 e. The quantitative estimate of drug-likeness (QED) is 0.550. The summed E-state index contributed by atoms with van der Waals surface area (Å²) in [4.78, 5) is 12.6. The first kappa shape index (κ1) is 21.3. The number of carbonyl (C=O) groups excluding carboxylic acids is 1. The summed E-state index contributed by atoms with van der Waals surface area (Å²) in [5.41, 5.74) is 2.99. The molecule has 0 bridgehead atoms. The number of nitrogens with one attached hydrogen (secondary N) is 1. The third-order valence-corrected chi connectivity index (χ3v) is 6.58. The number of carbonyl (C=O) groups is 1. The molecular weight excluding hydrogens is 418 g/mol. The number of morpholine rings is 1. The molecule has 1 saturated heterocycles. The summed E-state index contributed by atoms with van der Waals surface area (Å²) in [6, 6.07) is 10.4. The highest BCUT2D eigenvalue weighted by atomic mass is 35.5. The normalized spacial score (nSPS) is 15.9. The minimum atomic E-state index is -3.85. The van der Waals surface area contributed by atoms with E-state index in [1.54, 1.807) is 19.1 Å². The fourth-order valence-electron chi connectivity index (χ4n) is 2.86. The molecule has 3 rings (SSSR count). The first-order valence-corrected chi connectivity index (χ1v) is 10.6. The number of hydrazone groups is 1. The minimum absolute atomic E-state index is 0.0224. The van der Waals surface area contributed by atoms with E-state index in [2.05, 4.69) is 10.5 Å². The Morgan fingerprint density at radius 2 is 1.86 bits per heavy atom. The van der Waals surface area contributed by atoms with Crippen LogP contribution in [0.25, 0.3) is 0 Å². The Morgan fingerprint density at radius 3 is 2.59 bits per heavy atom. The molecule has 1 aliphatic rings. The molecule has 1 aliphatic heterocycles. The topological polar surface area (TPSA) is 108 Å². The molecule has 0 spiro atoms. The molecule has 1 amide bonds. The number of rotatable bonds is 5. The van der Waals surface area contributed by atoms with E-state index < -0.39 is 15.9 Å². The lowest BCUT2D eigenvalue weighted by atomic mass is 10.1. The number of amides is 1. The van der Waals surface area contributed by atoms with E-state index in [4.69, 9.17) is 16.3 Å². The van der Waals surface area contributed by atoms with Gasteiger partial charge in [-0.05, 0) is 37.3 Å². The van der Waals surface area contributed by atoms with Gasteiger partial charge >= 0.3 is 0 Å². The maximum atomic E-state index is 13.0. The molecule has 1 heterocycles. The molecule has 10 heteroatoms. The number of nitrogens with zero attached hydrogens (tertiary/aromatic N) is 2. The highest BCUT2D eigenvalue weighted by Gasteiger charge is 2.30. The molecule has 0 aliphatic carbocycles. The Balaban J connectivity index is 1.86. The molecule has 0 unspecified atom stereocenters. The van der Waals surface area contributed by atoms with Crippen molar-refractivity contribution in [1.29, 1.82) is 0 Å². The number of phenolic OH excluding ortho intramolecular Hbond substituents is 1. The second-order valence-electron chi connectivity index (χ2n) is 6.31. The standard InChI is InChI=1S/C19H20ClN3O5S/c1-13(16-12-14(20)6-7-17(16)24)21-22-19(25)15-4-2-3-5-18(15)29(26,27)23-8-10-28-11-9-23/h2-7,12,24H,8-11H2,1H3,(H,22,25)/b21-13-. The van der Waals surface area contributed by atoms with Crippen LogP contribution in [0.4, 0.5) is 0 Å². The lowest BCUT2D eigenvalue weighted by molar-refractivity contribution is 0.0730. The molecule has 0 saturated carbocycles. The van der Waals surface area contributed by atoms with E-state index in [9.17, 15) is 18.3 Å². The van der Waals surface area contributed by atoms with Crippen LogP contribution in [0.5, 0.6) is 5.75 Å². The highest BCUT2D eigenvalue weighted by Crippen LogP contribution is 2.23. The third-order valence-electron chi connectivity index (χ3n) is 4.39. The van der Waals surface area contributed by atoms with Crippen molar-refractivity contribution in [2.75, 3.05) is 26.3 Å². The summed E-state index contributed by atoms with van der Waals surface area (Å²) in [6.45, 7) is 2.65. The number of phenols is 1. The van der Waals surface area contributed by atoms with Crippen LogP contribution in [-0.2, 0) is 14.8 Å². The van der Waals surface area contributed by atoms with Crippen molar-refractivity contribution < 1.29 is 23.1 Å². The zero-order chi connectivity index (χ0) is 21.0. The summed E-state index contributed by atoms with van der Waals surface area (Å²) >= 11 is 5.93. The lowest BCUT2D eigenvalue weighted by Crippen LogP contribution is -2.41. The van der Waals surface area contributed by atoms with Crippen LogP contribution < -0.4 is 5.43 Å². The van der Waals surface area contributed by atoms with Gasteiger partial charge in [0.25, 0.3) is 5.91 Å². The number of hydrogen-bond donors (Lipinski definition) is 2. The van der Waals surface area contributed by atoms with Gasteiger partial charge in [0.2, 0.25) is 10.0 Å². The maximum absolute atomic E-state index is 13.0. The van der Waals surface area contributed by atoms with Gasteiger partial charge in [0.1, 0.15) is 5.75 Å². The first-order chi connectivity index (χ1) is 13.8. The van der Waals surface area contributed by atoms with E-state index in [1.807, 2.05) is 0 Å². The van der Waals surface area contributed by atoms with E-state index >= 15 is 0 Å². The second kappa shape index (κ2) is 8.91. The van der Waals surface area contributed by atoms with Crippen LogP contribution in [0, 0.1) is 0 Å². The predicted octanol–water partition coefficient (Wildman–Crippen LogP) is 2.22. The molecule has 0 aromatic heterocycles. The van der Waals surface area contributed by atoms with Gasteiger partial charge in [0.15, 0.2) is 0 Å². The Morgan fingerprint density at radius 1 is 1.17 bits per heavy atom. The molecule has 154 valence electrons. The van der Waals surface area contributed by atoms with Gasteiger partial charge in [-0.25, -0.2) is 13.8 Å². The van der Waals surface area contributed by atoms with Crippen LogP contribution in [0.1, 0.15) is 22.8 Å². The number of ether oxygens (including phenoxy) is 1. The lowest BCUT2D eigenvalue weighted by Gasteiger charge is -2.26. The molecule has 0 radical (unpaired) electrons. The maximum Gasteiger partial charge on any atom is 0.272 e. The van der Waals surface area contributed by atoms with E-state index in [0.29, 0.717) is 29.5 Å². The van der Waals surface area contributed by atoms with E-state index in [-0.39, 0.29) is 29.3 Å². The van der Waals surface area contributed by atoms with Gasteiger partial charge in [0.05, 0.1) is 29.4 Å². The molecular formula is C19H20ClN3O5S. The Bertz CT molecular complexity index is 1050. The monoisotopic (exact) mass is 437 g/mol. The summed E-state index contributed by atoms with van der Waals surface area (Å²) in [6.07, 6.45) is 0. The summed E-state index contributed by atoms with van der Waals surface area (Å²) in [5, 5.41) is 14.3. The summed E-state index contributed by atoms with van der Waals surface area (Å²) in [7, 11) is -3.85. The molecule has 8 nitrogen and oxygen atoms in total. The third kappa shape index (κ3) is 4.76. The molecule has 2 aromatic rings. The van der Waals surface area contributed by atoms with Gasteiger partial charge in [-0.15, -0.1) is 0 Å². The summed E-state index contributed by atoms with van der Waals surface area (Å²) in [5.74, 6) is -0.724. The van der Waals surface area contributed by atoms with Crippen molar-refractivity contribution >= 4 is 33.2 Å². The molecule has 2 N–H and O–H groups in total. The predicted molar refractivity (Wildman–Crippen MR) is 109 cm³/mol. The number of benzene rings is 2. The molecule has 0 atom stereocenters. The molecule has 1 fully saturated rings. The van der Waals surface area contributed by atoms with Gasteiger partial charge in [-0.1, -0.05) is 23.7 Å². The zero-order valence-corrected chi connectivity index (χ0v) is 17.2. The Labute approximate surface area is 173 Å². The van der Waals surface area contributed by atoms with Gasteiger partial charge < -0.3 is 9.84 Å². The SMILES string of the molecule is C/C(=N/NC(=O)c1ccccc1S(=O)(=O)N1CCOCC1)c1cc(Cl)ccc1O. The van der Waals surface area contributed by atoms with Crippen molar-refractivity contribution in [3.63, 3.8) is 0 Å². The van der Waals surface area contributed by atoms with Gasteiger partial charge in [-0.3, -0.25) is 4.79 Å². The number of sulfonamides is 1. The van der Waals surface area contributed by atoms with E-state index in [0.717, 1.165) is 0 Å². The Kier molecular flexibility index (Phi) is 6.53. The van der Waals surface area contributed by atoms with Crippen LogP contribution in [0.15, 0.2) is 52.5 Å². The average molecular weight is 438 g/mol. The fraction of sp³-hybridized carbons (Fsp3) is 0.263. The minimum Gasteiger partial charge on any atom is -0.507 e. The van der Waals surface area contributed by atoms with Crippen molar-refractivity contribution in [1.82, 2.24) is 9.73 Å². The number of aromatic hydroxyl groups is 1. The number of hydrogen-bond acceptors (Lipinski definition) is 6. The van der Waals surface area contributed by atoms with Crippen molar-refractivity contribution in [3.05, 3.63) is 58.6 Å². The van der Waals surface area contributed by atoms with Crippen LogP contribution in [0.2, 0.25) is 5.02 Å². The fourth-order valence-corrected chi connectivity index (χ4v) is 4.63. The highest BCUT2D eigenvalue weighted by molar-refractivity contribution is 7.89. The van der Waals surface area contributed by atoms with Gasteiger partial charge in [0, 0.05) is 23.7 Å². The molecule has 29 heavy (non-hydrogen) atoms. The zero-order valence-electron chi connectivity index (χ0n) is 15.6.